The third-order valence-corrected chi connectivity index (χ3v) is 3.34. The molecule has 0 aliphatic carbocycles. The Morgan fingerprint density at radius 1 is 0.867 bits per heavy atom. The number of hydrogen-bond acceptors (Lipinski definition) is 1. The zero-order chi connectivity index (χ0) is 11.6. The molecule has 15 heavy (non-hydrogen) atoms. The Kier molecular flexibility index (Phi) is 9.18. The minimum Gasteiger partial charge on any atom is -0.319 e. The van der Waals surface area contributed by atoms with Gasteiger partial charge in [0.25, 0.3) is 0 Å². The molecule has 0 heterocycles. The van der Waals surface area contributed by atoms with Crippen molar-refractivity contribution in [3.05, 3.63) is 0 Å². The predicted molar refractivity (Wildman–Crippen MR) is 70.3 cm³/mol. The number of rotatable bonds is 10. The van der Waals surface area contributed by atoms with Crippen molar-refractivity contribution in [1.82, 2.24) is 5.32 Å². The second kappa shape index (κ2) is 9.21. The van der Waals surface area contributed by atoms with Gasteiger partial charge in [0, 0.05) is 6.54 Å². The molecule has 1 unspecified atom stereocenters. The Morgan fingerprint density at radius 2 is 1.53 bits per heavy atom. The summed E-state index contributed by atoms with van der Waals surface area (Å²) in [4.78, 5) is 0. The van der Waals surface area contributed by atoms with Crippen LogP contribution in [-0.4, -0.2) is 13.6 Å². The fraction of sp³-hybridized carbons (Fsp3) is 1.00. The lowest BCUT2D eigenvalue weighted by molar-refractivity contribution is 0.252. The van der Waals surface area contributed by atoms with Crippen molar-refractivity contribution >= 4 is 0 Å². The Balaban J connectivity index is 3.65. The van der Waals surface area contributed by atoms with E-state index in [2.05, 4.69) is 33.1 Å². The third-order valence-electron chi connectivity index (χ3n) is 3.34. The lowest BCUT2D eigenvalue weighted by Gasteiger charge is -2.29. The molecule has 0 fully saturated rings. The summed E-state index contributed by atoms with van der Waals surface area (Å²) in [6, 6.07) is 0. The van der Waals surface area contributed by atoms with E-state index in [1.165, 1.54) is 57.9 Å². The highest BCUT2D eigenvalue weighted by Crippen LogP contribution is 2.29. The molecule has 0 spiro atoms. The van der Waals surface area contributed by atoms with Gasteiger partial charge in [0.15, 0.2) is 0 Å². The number of nitrogens with one attached hydrogen (secondary N) is 1. The Morgan fingerprint density at radius 3 is 2.07 bits per heavy atom. The van der Waals surface area contributed by atoms with Gasteiger partial charge in [0.1, 0.15) is 0 Å². The first-order chi connectivity index (χ1) is 7.18. The molecule has 0 aromatic carbocycles. The van der Waals surface area contributed by atoms with Crippen molar-refractivity contribution in [2.75, 3.05) is 13.6 Å². The summed E-state index contributed by atoms with van der Waals surface area (Å²) >= 11 is 0. The van der Waals surface area contributed by atoms with Crippen molar-refractivity contribution in [2.24, 2.45) is 5.41 Å². The van der Waals surface area contributed by atoms with Gasteiger partial charge in [-0.1, -0.05) is 59.3 Å². The van der Waals surface area contributed by atoms with Gasteiger partial charge < -0.3 is 5.32 Å². The van der Waals surface area contributed by atoms with Crippen LogP contribution >= 0.6 is 0 Å². The normalized spacial score (nSPS) is 15.2. The van der Waals surface area contributed by atoms with E-state index in [4.69, 9.17) is 0 Å². The molecule has 0 amide bonds. The van der Waals surface area contributed by atoms with Crippen LogP contribution in [0.4, 0.5) is 0 Å². The van der Waals surface area contributed by atoms with E-state index in [1.807, 2.05) is 0 Å². The second-order valence-electron chi connectivity index (χ2n) is 5.26. The largest absolute Gasteiger partial charge is 0.319 e. The summed E-state index contributed by atoms with van der Waals surface area (Å²) in [5.74, 6) is 0. The molecule has 0 rings (SSSR count). The molecular weight excluding hydrogens is 182 g/mol. The van der Waals surface area contributed by atoms with E-state index in [1.54, 1.807) is 0 Å². The highest BCUT2D eigenvalue weighted by atomic mass is 14.8. The summed E-state index contributed by atoms with van der Waals surface area (Å²) in [6.07, 6.45) is 11.1. The number of unbranched alkanes of at least 4 members (excludes halogenated alkanes) is 4. The fourth-order valence-corrected chi connectivity index (χ4v) is 2.49. The Hall–Kier alpha value is -0.0400. The molecule has 0 bridgehead atoms. The van der Waals surface area contributed by atoms with Gasteiger partial charge in [-0.2, -0.15) is 0 Å². The van der Waals surface area contributed by atoms with Crippen molar-refractivity contribution in [3.8, 4) is 0 Å². The van der Waals surface area contributed by atoms with E-state index in [0.717, 1.165) is 0 Å². The summed E-state index contributed by atoms with van der Waals surface area (Å²) < 4.78 is 0. The summed E-state index contributed by atoms with van der Waals surface area (Å²) in [6.45, 7) is 8.19. The van der Waals surface area contributed by atoms with E-state index in [0.29, 0.717) is 5.41 Å². The van der Waals surface area contributed by atoms with Gasteiger partial charge in [-0.3, -0.25) is 0 Å². The molecule has 1 heteroatoms. The summed E-state index contributed by atoms with van der Waals surface area (Å²) in [7, 11) is 2.07. The predicted octanol–water partition coefficient (Wildman–Crippen LogP) is 4.37. The van der Waals surface area contributed by atoms with E-state index in [-0.39, 0.29) is 0 Å². The maximum atomic E-state index is 3.35. The van der Waals surface area contributed by atoms with Crippen molar-refractivity contribution < 1.29 is 0 Å². The average Bonchev–Trinajstić information content (AvgIpc) is 2.18. The first kappa shape index (κ1) is 15.0. The van der Waals surface area contributed by atoms with Crippen LogP contribution in [0.5, 0.6) is 0 Å². The molecule has 0 aliphatic heterocycles. The van der Waals surface area contributed by atoms with Crippen LogP contribution in [0.25, 0.3) is 0 Å². The van der Waals surface area contributed by atoms with Gasteiger partial charge in [0.05, 0.1) is 0 Å². The van der Waals surface area contributed by atoms with Crippen molar-refractivity contribution in [2.45, 2.75) is 72.1 Å². The first-order valence-corrected chi connectivity index (χ1v) is 6.83. The molecule has 0 aromatic rings. The Bertz CT molecular complexity index is 125. The molecule has 1 N–H and O–H groups in total. The van der Waals surface area contributed by atoms with Gasteiger partial charge in [-0.15, -0.1) is 0 Å². The Labute approximate surface area is 97.0 Å². The first-order valence-electron chi connectivity index (χ1n) is 6.83. The smallest absolute Gasteiger partial charge is 0.000215 e. The van der Waals surface area contributed by atoms with Gasteiger partial charge in [-0.05, 0) is 25.3 Å². The van der Waals surface area contributed by atoms with Crippen LogP contribution in [0.1, 0.15) is 72.1 Å². The van der Waals surface area contributed by atoms with Crippen molar-refractivity contribution in [1.29, 1.82) is 0 Å². The molecule has 0 radical (unpaired) electrons. The van der Waals surface area contributed by atoms with E-state index >= 15 is 0 Å². The van der Waals surface area contributed by atoms with Gasteiger partial charge >= 0.3 is 0 Å². The zero-order valence-corrected chi connectivity index (χ0v) is 11.4. The monoisotopic (exact) mass is 213 g/mol. The van der Waals surface area contributed by atoms with E-state index < -0.39 is 0 Å². The minimum absolute atomic E-state index is 0.537. The van der Waals surface area contributed by atoms with Crippen LogP contribution in [0.15, 0.2) is 0 Å². The molecular formula is C14H31N. The standard InChI is InChI=1S/C14H31N/c1-5-7-8-9-10-12-14(3,11-6-2)13-15-4/h15H,5-13H2,1-4H3. The zero-order valence-electron chi connectivity index (χ0n) is 11.4. The maximum absolute atomic E-state index is 3.35. The lowest BCUT2D eigenvalue weighted by atomic mass is 9.80. The third kappa shape index (κ3) is 7.84. The molecule has 92 valence electrons. The second-order valence-corrected chi connectivity index (χ2v) is 5.26. The van der Waals surface area contributed by atoms with E-state index in [9.17, 15) is 0 Å². The summed E-state index contributed by atoms with van der Waals surface area (Å²) in [5, 5.41) is 3.35. The molecule has 0 aromatic heterocycles. The highest BCUT2D eigenvalue weighted by Gasteiger charge is 2.21. The van der Waals surface area contributed by atoms with Crippen LogP contribution in [0, 0.1) is 5.41 Å². The maximum Gasteiger partial charge on any atom is 0.000215 e. The van der Waals surface area contributed by atoms with Crippen LogP contribution in [0.2, 0.25) is 0 Å². The minimum atomic E-state index is 0.537. The molecule has 1 nitrogen and oxygen atoms in total. The highest BCUT2D eigenvalue weighted by molar-refractivity contribution is 4.75. The summed E-state index contributed by atoms with van der Waals surface area (Å²) in [5.41, 5.74) is 0.537. The lowest BCUT2D eigenvalue weighted by Crippen LogP contribution is -2.29. The van der Waals surface area contributed by atoms with Crippen molar-refractivity contribution in [3.63, 3.8) is 0 Å². The molecule has 0 saturated heterocycles. The van der Waals surface area contributed by atoms with Crippen LogP contribution in [-0.2, 0) is 0 Å². The van der Waals surface area contributed by atoms with Gasteiger partial charge in [0.2, 0.25) is 0 Å². The molecule has 0 saturated carbocycles. The van der Waals surface area contributed by atoms with Crippen LogP contribution in [0.3, 0.4) is 0 Å². The number of hydrogen-bond donors (Lipinski definition) is 1. The average molecular weight is 213 g/mol. The fourth-order valence-electron chi connectivity index (χ4n) is 2.49. The molecule has 1 atom stereocenters. The molecule has 0 aliphatic rings. The topological polar surface area (TPSA) is 12.0 Å². The van der Waals surface area contributed by atoms with Crippen LogP contribution < -0.4 is 5.32 Å². The quantitative estimate of drug-likeness (QED) is 0.531. The SMILES string of the molecule is CCCCCCCC(C)(CCC)CNC. The van der Waals surface area contributed by atoms with Gasteiger partial charge in [-0.25, -0.2) is 0 Å².